The monoisotopic (exact) mass is 507 g/mol. The summed E-state index contributed by atoms with van der Waals surface area (Å²) in [5.74, 6) is 1.80. The van der Waals surface area contributed by atoms with Crippen LogP contribution >= 0.6 is 11.3 Å². The lowest BCUT2D eigenvalue weighted by molar-refractivity contribution is -0.324. The van der Waals surface area contributed by atoms with E-state index >= 15 is 0 Å². The molecule has 0 amide bonds. The van der Waals surface area contributed by atoms with E-state index in [-0.39, 0.29) is 22.7 Å². The molecule has 2 aliphatic heterocycles. The molecule has 2 spiro atoms. The SMILES string of the molecule is CO[C@]12CC[C@@]3(C[C@]1(C)[C@H](O)c1sccc1C)[C@H]1Cc4ccc(O)c5c4[C@@]3(CCN1CC1CC1)[C@H]2O5. The standard InChI is InChI=1S/C30H37NO4S/c1-17-8-13-36-24(17)25(33)27(2)16-28-9-10-30(27,34-3)26-29(28)11-12-31(15-18-4-5-18)21(28)14-19-6-7-20(32)23(35-26)22(19)29/h6-8,13,18,21,25-26,32-33H,4-5,9-12,14-16H2,1-3H3/t21-,25-,26-,27-,28-,29+,30+/m1/s1. The fraction of sp³-hybridized carbons (Fsp3) is 0.667. The minimum atomic E-state index is -0.631. The van der Waals surface area contributed by atoms with Crippen molar-refractivity contribution in [2.45, 2.75) is 88.1 Å². The average Bonchev–Trinajstić information content (AvgIpc) is 3.46. The van der Waals surface area contributed by atoms with Gasteiger partial charge in [-0.05, 0) is 93.0 Å². The fourth-order valence-electron chi connectivity index (χ4n) is 10.2. The molecule has 4 saturated carbocycles. The molecule has 5 fully saturated rings. The molecule has 192 valence electrons. The number of phenols is 1. The maximum absolute atomic E-state index is 12.2. The number of methoxy groups -OCH3 is 1. The van der Waals surface area contributed by atoms with Gasteiger partial charge in [0.15, 0.2) is 11.5 Å². The van der Waals surface area contributed by atoms with Crippen LogP contribution in [0.1, 0.15) is 73.1 Å². The number of aliphatic hydroxyl groups is 1. The van der Waals surface area contributed by atoms with Crippen LogP contribution < -0.4 is 4.74 Å². The molecule has 7 atom stereocenters. The predicted octanol–water partition coefficient (Wildman–Crippen LogP) is 5.11. The number of ether oxygens (including phenoxy) is 2. The molecule has 0 unspecified atom stereocenters. The van der Waals surface area contributed by atoms with Crippen LogP contribution in [0, 0.1) is 23.7 Å². The maximum Gasteiger partial charge on any atom is 0.165 e. The van der Waals surface area contributed by atoms with E-state index < -0.39 is 17.1 Å². The first-order chi connectivity index (χ1) is 17.3. The number of aromatic hydroxyl groups is 1. The van der Waals surface area contributed by atoms with E-state index in [9.17, 15) is 10.2 Å². The number of aryl methyl sites for hydroxylation is 1. The Bertz CT molecular complexity index is 1270. The number of hydrogen-bond acceptors (Lipinski definition) is 6. The number of piperidine rings is 1. The summed E-state index contributed by atoms with van der Waals surface area (Å²) in [6.07, 6.45) is 6.85. The van der Waals surface area contributed by atoms with Gasteiger partial charge in [-0.25, -0.2) is 0 Å². The molecule has 7 aliphatic rings. The zero-order chi connectivity index (χ0) is 24.7. The first-order valence-electron chi connectivity index (χ1n) is 13.8. The molecule has 1 aromatic carbocycles. The number of benzene rings is 1. The predicted molar refractivity (Wildman–Crippen MR) is 139 cm³/mol. The van der Waals surface area contributed by atoms with Crippen molar-refractivity contribution in [3.63, 3.8) is 0 Å². The highest BCUT2D eigenvalue weighted by Gasteiger charge is 2.84. The second-order valence-electron chi connectivity index (χ2n) is 13.0. The van der Waals surface area contributed by atoms with Gasteiger partial charge in [-0.1, -0.05) is 13.0 Å². The Balaban J connectivity index is 1.37. The number of fused-ring (bicyclic) bond motifs is 2. The lowest BCUT2D eigenvalue weighted by Crippen LogP contribution is -2.83. The van der Waals surface area contributed by atoms with Gasteiger partial charge in [0, 0.05) is 46.4 Å². The number of likely N-dealkylation sites (tertiary alicyclic amines) is 1. The van der Waals surface area contributed by atoms with Crippen LogP contribution in [0.4, 0.5) is 0 Å². The first-order valence-corrected chi connectivity index (χ1v) is 14.7. The van der Waals surface area contributed by atoms with E-state index in [1.54, 1.807) is 11.3 Å². The van der Waals surface area contributed by atoms with Crippen LogP contribution in [0.15, 0.2) is 23.6 Å². The van der Waals surface area contributed by atoms with Crippen molar-refractivity contribution in [2.24, 2.45) is 16.7 Å². The van der Waals surface area contributed by atoms with Crippen LogP contribution in [0.2, 0.25) is 0 Å². The van der Waals surface area contributed by atoms with Crippen LogP contribution in [0.3, 0.4) is 0 Å². The van der Waals surface area contributed by atoms with Gasteiger partial charge in [-0.15, -0.1) is 11.3 Å². The molecule has 0 radical (unpaired) electrons. The number of rotatable bonds is 5. The molecule has 5 nitrogen and oxygen atoms in total. The summed E-state index contributed by atoms with van der Waals surface area (Å²) in [5.41, 5.74) is 2.49. The molecule has 1 aromatic heterocycles. The van der Waals surface area contributed by atoms with Crippen LogP contribution in [-0.2, 0) is 16.6 Å². The third-order valence-corrected chi connectivity index (χ3v) is 12.9. The van der Waals surface area contributed by atoms with Gasteiger partial charge < -0.3 is 19.7 Å². The molecule has 2 aromatic rings. The molecule has 2 N–H and O–H groups in total. The Hall–Kier alpha value is -1.60. The summed E-state index contributed by atoms with van der Waals surface area (Å²) >= 11 is 1.66. The highest BCUT2D eigenvalue weighted by atomic mass is 32.1. The molecule has 4 bridgehead atoms. The number of phenolic OH excluding ortho intramolecular Hbond substituents is 1. The normalized spacial score (nSPS) is 42.8. The maximum atomic E-state index is 12.2. The van der Waals surface area contributed by atoms with Gasteiger partial charge in [-0.2, -0.15) is 0 Å². The second-order valence-corrected chi connectivity index (χ2v) is 14.0. The van der Waals surface area contributed by atoms with Crippen molar-refractivity contribution >= 4 is 11.3 Å². The summed E-state index contributed by atoms with van der Waals surface area (Å²) in [5, 5.41) is 25.3. The third kappa shape index (κ3) is 2.28. The molecule has 9 rings (SSSR count). The van der Waals surface area contributed by atoms with Crippen molar-refractivity contribution in [3.05, 3.63) is 45.1 Å². The first kappa shape index (κ1) is 22.4. The van der Waals surface area contributed by atoms with Crippen molar-refractivity contribution in [1.29, 1.82) is 0 Å². The van der Waals surface area contributed by atoms with Gasteiger partial charge in [-0.3, -0.25) is 4.90 Å². The molecular formula is C30H37NO4S. The Morgan fingerprint density at radius 2 is 2.06 bits per heavy atom. The van der Waals surface area contributed by atoms with Gasteiger partial charge >= 0.3 is 0 Å². The zero-order valence-corrected chi connectivity index (χ0v) is 22.4. The number of hydrogen-bond donors (Lipinski definition) is 2. The molecule has 6 heteroatoms. The zero-order valence-electron chi connectivity index (χ0n) is 21.5. The van der Waals surface area contributed by atoms with Gasteiger partial charge in [0.25, 0.3) is 0 Å². The highest BCUT2D eigenvalue weighted by Crippen LogP contribution is 2.80. The van der Waals surface area contributed by atoms with Crippen LogP contribution in [0.25, 0.3) is 0 Å². The summed E-state index contributed by atoms with van der Waals surface area (Å²) in [7, 11) is 1.83. The minimum absolute atomic E-state index is 0.00196. The lowest BCUT2D eigenvalue weighted by Gasteiger charge is -2.76. The van der Waals surface area contributed by atoms with Crippen LogP contribution in [0.5, 0.6) is 11.5 Å². The molecule has 5 aliphatic carbocycles. The van der Waals surface area contributed by atoms with E-state index in [2.05, 4.69) is 36.3 Å². The topological polar surface area (TPSA) is 62.2 Å². The third-order valence-electron chi connectivity index (χ3n) is 11.8. The van der Waals surface area contributed by atoms with Crippen molar-refractivity contribution in [2.75, 3.05) is 20.2 Å². The fourth-order valence-corrected chi connectivity index (χ4v) is 11.2. The van der Waals surface area contributed by atoms with Gasteiger partial charge in [0.1, 0.15) is 11.7 Å². The Labute approximate surface area is 217 Å². The largest absolute Gasteiger partial charge is 0.504 e. The molecule has 3 heterocycles. The van der Waals surface area contributed by atoms with Gasteiger partial charge in [0.05, 0.1) is 6.10 Å². The quantitative estimate of drug-likeness (QED) is 0.589. The smallest absolute Gasteiger partial charge is 0.165 e. The highest BCUT2D eigenvalue weighted by molar-refractivity contribution is 7.10. The summed E-state index contributed by atoms with van der Waals surface area (Å²) in [6.45, 7) is 6.67. The Morgan fingerprint density at radius 1 is 1.22 bits per heavy atom. The lowest BCUT2D eigenvalue weighted by atomic mass is 9.31. The van der Waals surface area contributed by atoms with E-state index in [1.165, 1.54) is 30.5 Å². The van der Waals surface area contributed by atoms with Crippen molar-refractivity contribution < 1.29 is 19.7 Å². The average molecular weight is 508 g/mol. The number of thiophene rings is 1. The summed E-state index contributed by atoms with van der Waals surface area (Å²) in [6, 6.07) is 6.55. The van der Waals surface area contributed by atoms with Crippen molar-refractivity contribution in [3.8, 4) is 11.5 Å². The number of aliphatic hydroxyl groups excluding tert-OH is 1. The molecule has 1 saturated heterocycles. The second kappa shape index (κ2) is 6.88. The van der Waals surface area contributed by atoms with E-state index in [0.717, 1.165) is 55.0 Å². The Morgan fingerprint density at radius 3 is 2.78 bits per heavy atom. The minimum Gasteiger partial charge on any atom is -0.504 e. The Kier molecular flexibility index (Phi) is 4.28. The van der Waals surface area contributed by atoms with Crippen LogP contribution in [-0.4, -0.2) is 53.1 Å². The summed E-state index contributed by atoms with van der Waals surface area (Å²) < 4.78 is 13.6. The summed E-state index contributed by atoms with van der Waals surface area (Å²) in [4.78, 5) is 3.88. The van der Waals surface area contributed by atoms with Crippen molar-refractivity contribution in [1.82, 2.24) is 4.90 Å². The van der Waals surface area contributed by atoms with E-state index in [4.69, 9.17) is 9.47 Å². The molecule has 36 heavy (non-hydrogen) atoms. The number of nitrogens with zero attached hydrogens (tertiary/aromatic N) is 1. The van der Waals surface area contributed by atoms with Gasteiger partial charge in [0.2, 0.25) is 0 Å². The molecular weight excluding hydrogens is 470 g/mol. The van der Waals surface area contributed by atoms with E-state index in [1.807, 2.05) is 13.2 Å². The van der Waals surface area contributed by atoms with E-state index in [0.29, 0.717) is 11.8 Å².